The molecule has 1 radical (unpaired) electrons. The van der Waals surface area contributed by atoms with Crippen LogP contribution in [-0.2, 0) is 11.5 Å². The highest BCUT2D eigenvalue weighted by atomic mass is 32.1. The number of unbranched alkanes of at least 4 members (excludes halogenated alkanes) is 3. The highest BCUT2D eigenvalue weighted by molar-refractivity contribution is 7.09. The van der Waals surface area contributed by atoms with Crippen LogP contribution in [0, 0.1) is 0 Å². The van der Waals surface area contributed by atoms with Crippen molar-refractivity contribution in [2.75, 3.05) is 6.61 Å². The first-order chi connectivity index (χ1) is 5.93. The van der Waals surface area contributed by atoms with Crippen molar-refractivity contribution in [3.8, 4) is 0 Å². The molecule has 0 fully saturated rings. The van der Waals surface area contributed by atoms with E-state index < -0.39 is 0 Å². The van der Waals surface area contributed by atoms with Crippen molar-refractivity contribution in [3.05, 3.63) is 22.4 Å². The van der Waals surface area contributed by atoms with Crippen LogP contribution in [0.25, 0.3) is 0 Å². The molecule has 0 aliphatic rings. The molecule has 0 aromatic carbocycles. The lowest BCUT2D eigenvalue weighted by atomic mass is 10.1. The topological polar surface area (TPSA) is 19.9 Å². The van der Waals surface area contributed by atoms with E-state index in [1.54, 1.807) is 0 Å². The van der Waals surface area contributed by atoms with Gasteiger partial charge in [-0.3, -0.25) is 0 Å². The predicted octanol–water partition coefficient (Wildman–Crippen LogP) is 3.28. The maximum Gasteiger partial charge on any atom is 0.0822 e. The number of thiophene rings is 1. The molecule has 0 atom stereocenters. The molecule has 0 spiro atoms. The summed E-state index contributed by atoms with van der Waals surface area (Å²) < 4.78 is 0. The minimum Gasteiger partial charge on any atom is -0.237 e. The van der Waals surface area contributed by atoms with Crippen LogP contribution in [-0.4, -0.2) is 6.61 Å². The molecule has 1 heterocycles. The molecule has 0 saturated heterocycles. The van der Waals surface area contributed by atoms with Gasteiger partial charge in [-0.05, 0) is 30.7 Å². The summed E-state index contributed by atoms with van der Waals surface area (Å²) in [5.41, 5.74) is 0. The third-order valence-electron chi connectivity index (χ3n) is 1.90. The van der Waals surface area contributed by atoms with E-state index in [-0.39, 0.29) is 6.61 Å². The van der Waals surface area contributed by atoms with Gasteiger partial charge in [0.1, 0.15) is 0 Å². The Hall–Kier alpha value is -0.340. The maximum atomic E-state index is 10.1. The second-order valence-electron chi connectivity index (χ2n) is 2.95. The van der Waals surface area contributed by atoms with Crippen molar-refractivity contribution in [1.82, 2.24) is 0 Å². The largest absolute Gasteiger partial charge is 0.237 e. The van der Waals surface area contributed by atoms with Gasteiger partial charge in [-0.2, -0.15) is 0 Å². The standard InChI is InChI=1S/C10H15OS/c11-8-4-2-1-3-6-10-7-5-9-12-10/h5,7,9H,1-4,6,8H2. The van der Waals surface area contributed by atoms with Crippen LogP contribution in [0.15, 0.2) is 17.5 Å². The van der Waals surface area contributed by atoms with Gasteiger partial charge in [0, 0.05) is 4.88 Å². The lowest BCUT2D eigenvalue weighted by Gasteiger charge is -1.96. The smallest absolute Gasteiger partial charge is 0.0822 e. The average Bonchev–Trinajstić information content (AvgIpc) is 2.57. The van der Waals surface area contributed by atoms with E-state index in [0.717, 1.165) is 12.8 Å². The van der Waals surface area contributed by atoms with E-state index in [4.69, 9.17) is 0 Å². The number of aryl methyl sites for hydroxylation is 1. The maximum absolute atomic E-state index is 10.1. The zero-order chi connectivity index (χ0) is 8.65. The van der Waals surface area contributed by atoms with Gasteiger partial charge in [-0.25, -0.2) is 5.11 Å². The zero-order valence-electron chi connectivity index (χ0n) is 7.29. The van der Waals surface area contributed by atoms with E-state index in [1.165, 1.54) is 24.1 Å². The Morgan fingerprint density at radius 2 is 2.00 bits per heavy atom. The Balaban J connectivity index is 1.96. The van der Waals surface area contributed by atoms with Gasteiger partial charge in [0.2, 0.25) is 0 Å². The molecule has 0 aliphatic carbocycles. The highest BCUT2D eigenvalue weighted by Crippen LogP contribution is 2.12. The Morgan fingerprint density at radius 1 is 1.17 bits per heavy atom. The van der Waals surface area contributed by atoms with Crippen molar-refractivity contribution < 1.29 is 5.11 Å². The van der Waals surface area contributed by atoms with Crippen molar-refractivity contribution in [2.45, 2.75) is 32.1 Å². The summed E-state index contributed by atoms with van der Waals surface area (Å²) in [6, 6.07) is 4.27. The Morgan fingerprint density at radius 3 is 2.67 bits per heavy atom. The van der Waals surface area contributed by atoms with Crippen molar-refractivity contribution in [1.29, 1.82) is 0 Å². The molecule has 0 aliphatic heterocycles. The van der Waals surface area contributed by atoms with Crippen LogP contribution in [0.5, 0.6) is 0 Å². The van der Waals surface area contributed by atoms with Gasteiger partial charge in [0.05, 0.1) is 6.61 Å². The van der Waals surface area contributed by atoms with Crippen LogP contribution in [0.3, 0.4) is 0 Å². The van der Waals surface area contributed by atoms with Crippen LogP contribution in [0.2, 0.25) is 0 Å². The van der Waals surface area contributed by atoms with Gasteiger partial charge >= 0.3 is 0 Å². The van der Waals surface area contributed by atoms with E-state index in [9.17, 15) is 5.11 Å². The Kier molecular flexibility index (Phi) is 5.04. The summed E-state index contributed by atoms with van der Waals surface area (Å²) in [5, 5.41) is 12.2. The number of hydrogen-bond acceptors (Lipinski definition) is 1. The molecule has 0 N–H and O–H groups in total. The monoisotopic (exact) mass is 183 g/mol. The van der Waals surface area contributed by atoms with Crippen LogP contribution >= 0.6 is 11.3 Å². The Bertz CT molecular complexity index is 182. The van der Waals surface area contributed by atoms with Crippen molar-refractivity contribution >= 4 is 11.3 Å². The number of hydrogen-bond donors (Lipinski definition) is 0. The second-order valence-corrected chi connectivity index (χ2v) is 3.98. The summed E-state index contributed by atoms with van der Waals surface area (Å²) in [4.78, 5) is 1.47. The summed E-state index contributed by atoms with van der Waals surface area (Å²) in [6.07, 6.45) is 5.59. The summed E-state index contributed by atoms with van der Waals surface area (Å²) in [7, 11) is 0. The van der Waals surface area contributed by atoms with E-state index in [1.807, 2.05) is 11.3 Å². The van der Waals surface area contributed by atoms with Gasteiger partial charge in [-0.1, -0.05) is 18.9 Å². The molecule has 1 aromatic rings. The molecule has 1 rings (SSSR count). The Labute approximate surface area is 78.1 Å². The lowest BCUT2D eigenvalue weighted by molar-refractivity contribution is 0.186. The minimum absolute atomic E-state index is 0.0962. The summed E-state index contributed by atoms with van der Waals surface area (Å²) >= 11 is 1.82. The second kappa shape index (κ2) is 6.21. The molecular weight excluding hydrogens is 168 g/mol. The predicted molar refractivity (Wildman–Crippen MR) is 52.0 cm³/mol. The number of rotatable bonds is 6. The molecule has 0 unspecified atom stereocenters. The highest BCUT2D eigenvalue weighted by Gasteiger charge is 1.93. The van der Waals surface area contributed by atoms with E-state index in [2.05, 4.69) is 17.5 Å². The molecule has 0 saturated carbocycles. The van der Waals surface area contributed by atoms with Gasteiger partial charge in [0.25, 0.3) is 0 Å². The fraction of sp³-hybridized carbons (Fsp3) is 0.600. The first-order valence-electron chi connectivity index (χ1n) is 4.54. The van der Waals surface area contributed by atoms with Gasteiger partial charge in [0.15, 0.2) is 0 Å². The molecule has 1 nitrogen and oxygen atoms in total. The average molecular weight is 183 g/mol. The SMILES string of the molecule is [O]CCCCCCc1cccs1. The normalized spacial score (nSPS) is 10.4. The van der Waals surface area contributed by atoms with Gasteiger partial charge < -0.3 is 0 Å². The van der Waals surface area contributed by atoms with Crippen molar-refractivity contribution in [2.24, 2.45) is 0 Å². The van der Waals surface area contributed by atoms with E-state index in [0.29, 0.717) is 0 Å². The fourth-order valence-corrected chi connectivity index (χ4v) is 1.96. The zero-order valence-corrected chi connectivity index (χ0v) is 8.11. The quantitative estimate of drug-likeness (QED) is 0.603. The third-order valence-corrected chi connectivity index (χ3v) is 2.83. The van der Waals surface area contributed by atoms with E-state index >= 15 is 0 Å². The summed E-state index contributed by atoms with van der Waals surface area (Å²) in [5.74, 6) is 0. The van der Waals surface area contributed by atoms with Gasteiger partial charge in [-0.15, -0.1) is 11.3 Å². The molecule has 0 bridgehead atoms. The van der Waals surface area contributed by atoms with Crippen LogP contribution < -0.4 is 0 Å². The molecule has 0 amide bonds. The first kappa shape index (κ1) is 9.75. The first-order valence-corrected chi connectivity index (χ1v) is 5.42. The third kappa shape index (κ3) is 3.88. The fourth-order valence-electron chi connectivity index (χ4n) is 1.21. The lowest BCUT2D eigenvalue weighted by Crippen LogP contribution is -1.84. The molecule has 67 valence electrons. The molecule has 1 aromatic heterocycles. The molecular formula is C10H15OS. The molecule has 12 heavy (non-hydrogen) atoms. The summed E-state index contributed by atoms with van der Waals surface area (Å²) in [6.45, 7) is 0.0962. The van der Waals surface area contributed by atoms with Crippen molar-refractivity contribution in [3.63, 3.8) is 0 Å². The van der Waals surface area contributed by atoms with Crippen LogP contribution in [0.1, 0.15) is 30.6 Å². The molecule has 2 heteroatoms. The minimum atomic E-state index is 0.0962. The van der Waals surface area contributed by atoms with Crippen LogP contribution in [0.4, 0.5) is 0 Å².